The molecule has 0 saturated carbocycles. The number of carbonyl (C=O) groups is 1. The van der Waals surface area contributed by atoms with Crippen LogP contribution in [0.4, 0.5) is 0 Å². The van der Waals surface area contributed by atoms with E-state index in [0.717, 1.165) is 0 Å². The van der Waals surface area contributed by atoms with Gasteiger partial charge in [0, 0.05) is 12.0 Å². The van der Waals surface area contributed by atoms with Gasteiger partial charge in [-0.3, -0.25) is 4.79 Å². The number of carbonyl (C=O) groups excluding carboxylic acids is 1. The number of aliphatic hydroxyl groups is 1. The maximum absolute atomic E-state index is 11.7. The lowest BCUT2D eigenvalue weighted by Crippen LogP contribution is -2.53. The molecule has 1 aromatic rings. The van der Waals surface area contributed by atoms with Crippen molar-refractivity contribution in [1.82, 2.24) is 5.32 Å². The monoisotopic (exact) mass is 274 g/mol. The van der Waals surface area contributed by atoms with Crippen molar-refractivity contribution in [2.75, 3.05) is 0 Å². The molecule has 5 nitrogen and oxygen atoms in total. The van der Waals surface area contributed by atoms with Crippen LogP contribution < -0.4 is 10.1 Å². The third-order valence-corrected chi connectivity index (χ3v) is 3.51. The summed E-state index contributed by atoms with van der Waals surface area (Å²) in [7, 11) is 0. The number of amides is 1. The molecule has 106 valence electrons. The fraction of sp³-hybridized carbons (Fsp3) is 0.467. The lowest BCUT2D eigenvalue weighted by Gasteiger charge is -2.42. The Morgan fingerprint density at radius 3 is 2.85 bits per heavy atom. The maximum Gasteiger partial charge on any atom is 0.220 e. The quantitative estimate of drug-likeness (QED) is 0.859. The second-order valence-electron chi connectivity index (χ2n) is 5.41. The van der Waals surface area contributed by atoms with Crippen molar-refractivity contribution in [2.24, 2.45) is 0 Å². The van der Waals surface area contributed by atoms with Gasteiger partial charge in [0.15, 0.2) is 0 Å². The van der Waals surface area contributed by atoms with Gasteiger partial charge in [0.1, 0.15) is 17.5 Å². The minimum absolute atomic E-state index is 0.153. The summed E-state index contributed by atoms with van der Waals surface area (Å²) in [4.78, 5) is 11.7. The summed E-state index contributed by atoms with van der Waals surface area (Å²) in [5, 5.41) is 22.2. The molecule has 0 radical (unpaired) electrons. The average Bonchev–Trinajstić information content (AvgIpc) is 2.43. The first-order valence-corrected chi connectivity index (χ1v) is 6.59. The predicted octanol–water partition coefficient (Wildman–Crippen LogP) is 1.66. The lowest BCUT2D eigenvalue weighted by molar-refractivity contribution is -0.125. The number of aliphatic hydroxyl groups excluding tert-OH is 1. The highest BCUT2D eigenvalue weighted by molar-refractivity contribution is 5.76. The molecular formula is C15H18N2O3. The van der Waals surface area contributed by atoms with Crippen LogP contribution in [0.5, 0.6) is 5.75 Å². The highest BCUT2D eigenvalue weighted by Gasteiger charge is 2.43. The van der Waals surface area contributed by atoms with Gasteiger partial charge in [0.05, 0.1) is 17.7 Å². The zero-order valence-electron chi connectivity index (χ0n) is 11.8. The van der Waals surface area contributed by atoms with Crippen molar-refractivity contribution in [3.8, 4) is 11.8 Å². The van der Waals surface area contributed by atoms with Crippen LogP contribution >= 0.6 is 0 Å². The summed E-state index contributed by atoms with van der Waals surface area (Å²) in [6.45, 7) is 5.28. The van der Waals surface area contributed by atoms with E-state index in [1.54, 1.807) is 39.0 Å². The van der Waals surface area contributed by atoms with Crippen LogP contribution in [0.1, 0.15) is 44.4 Å². The van der Waals surface area contributed by atoms with E-state index in [9.17, 15) is 9.90 Å². The molecule has 1 amide bonds. The molecule has 2 atom stereocenters. The molecule has 0 saturated heterocycles. The molecule has 0 spiro atoms. The van der Waals surface area contributed by atoms with Crippen LogP contribution in [0.3, 0.4) is 0 Å². The molecule has 1 aromatic carbocycles. The zero-order chi connectivity index (χ0) is 14.9. The normalized spacial score (nSPS) is 23.1. The Bertz CT molecular complexity index is 575. The number of hydrogen-bond donors (Lipinski definition) is 2. The van der Waals surface area contributed by atoms with Gasteiger partial charge in [-0.05, 0) is 32.0 Å². The second kappa shape index (κ2) is 5.14. The van der Waals surface area contributed by atoms with Crippen LogP contribution in [0.15, 0.2) is 18.2 Å². The third kappa shape index (κ3) is 2.47. The molecular weight excluding hydrogens is 256 g/mol. The molecule has 1 aliphatic rings. The average molecular weight is 274 g/mol. The summed E-state index contributed by atoms with van der Waals surface area (Å²) < 4.78 is 5.77. The Balaban J connectivity index is 2.48. The van der Waals surface area contributed by atoms with Gasteiger partial charge in [-0.2, -0.15) is 5.26 Å². The Morgan fingerprint density at radius 2 is 2.25 bits per heavy atom. The molecule has 0 fully saturated rings. The van der Waals surface area contributed by atoms with Crippen LogP contribution in [0.25, 0.3) is 0 Å². The van der Waals surface area contributed by atoms with Crippen LogP contribution in [0.2, 0.25) is 0 Å². The van der Waals surface area contributed by atoms with Crippen molar-refractivity contribution in [3.63, 3.8) is 0 Å². The largest absolute Gasteiger partial charge is 0.485 e. The van der Waals surface area contributed by atoms with E-state index in [2.05, 4.69) is 11.4 Å². The third-order valence-electron chi connectivity index (χ3n) is 3.51. The van der Waals surface area contributed by atoms with E-state index in [1.807, 2.05) is 0 Å². The Hall–Kier alpha value is -2.06. The number of ether oxygens (including phenoxy) is 1. The Labute approximate surface area is 118 Å². The van der Waals surface area contributed by atoms with Crippen molar-refractivity contribution in [2.45, 2.75) is 44.9 Å². The van der Waals surface area contributed by atoms with E-state index in [-0.39, 0.29) is 5.91 Å². The molecule has 2 N–H and O–H groups in total. The standard InChI is InChI=1S/C15H18N2O3/c1-4-12(18)17-13-10-7-9(8-16)5-6-11(10)20-15(2,3)14(13)19/h5-7,13-14,19H,4H2,1-3H3,(H,17,18)/t13?,14-/m0/s1. The van der Waals surface area contributed by atoms with Crippen molar-refractivity contribution >= 4 is 5.91 Å². The molecule has 0 aromatic heterocycles. The summed E-state index contributed by atoms with van der Waals surface area (Å²) in [6.07, 6.45) is -0.558. The molecule has 1 heterocycles. The molecule has 5 heteroatoms. The Kier molecular flexibility index (Phi) is 3.69. The van der Waals surface area contributed by atoms with Gasteiger partial charge < -0.3 is 15.2 Å². The lowest BCUT2D eigenvalue weighted by atomic mass is 9.86. The molecule has 20 heavy (non-hydrogen) atoms. The first-order chi connectivity index (χ1) is 9.39. The molecule has 0 bridgehead atoms. The van der Waals surface area contributed by atoms with Crippen LogP contribution in [0, 0.1) is 11.3 Å². The molecule has 0 aliphatic carbocycles. The van der Waals surface area contributed by atoms with E-state index >= 15 is 0 Å². The number of hydrogen-bond acceptors (Lipinski definition) is 4. The molecule has 2 rings (SSSR count). The van der Waals surface area contributed by atoms with Gasteiger partial charge in [-0.15, -0.1) is 0 Å². The van der Waals surface area contributed by atoms with E-state index in [4.69, 9.17) is 10.00 Å². The SMILES string of the molecule is CCC(=O)NC1c2cc(C#N)ccc2OC(C)(C)[C@H]1O. The number of fused-ring (bicyclic) bond motifs is 1. The summed E-state index contributed by atoms with van der Waals surface area (Å²) in [5.41, 5.74) is 0.292. The van der Waals surface area contributed by atoms with Gasteiger partial charge >= 0.3 is 0 Å². The number of nitrogens with one attached hydrogen (secondary N) is 1. The zero-order valence-corrected chi connectivity index (χ0v) is 11.8. The Morgan fingerprint density at radius 1 is 1.55 bits per heavy atom. The number of benzene rings is 1. The van der Waals surface area contributed by atoms with Crippen molar-refractivity contribution in [3.05, 3.63) is 29.3 Å². The van der Waals surface area contributed by atoms with Gasteiger partial charge in [0.2, 0.25) is 5.91 Å². The van der Waals surface area contributed by atoms with Crippen molar-refractivity contribution < 1.29 is 14.6 Å². The van der Waals surface area contributed by atoms with Crippen LogP contribution in [-0.4, -0.2) is 22.7 Å². The smallest absolute Gasteiger partial charge is 0.220 e. The minimum Gasteiger partial charge on any atom is -0.485 e. The van der Waals surface area contributed by atoms with Gasteiger partial charge in [-0.1, -0.05) is 6.92 Å². The summed E-state index contributed by atoms with van der Waals surface area (Å²) in [5.74, 6) is 0.431. The fourth-order valence-corrected chi connectivity index (χ4v) is 2.30. The van der Waals surface area contributed by atoms with E-state index < -0.39 is 17.7 Å². The topological polar surface area (TPSA) is 82.4 Å². The summed E-state index contributed by atoms with van der Waals surface area (Å²) in [6, 6.07) is 6.48. The van der Waals surface area contributed by atoms with E-state index in [1.165, 1.54) is 0 Å². The minimum atomic E-state index is -0.889. The first kappa shape index (κ1) is 14.4. The van der Waals surface area contributed by atoms with Crippen molar-refractivity contribution in [1.29, 1.82) is 5.26 Å². The van der Waals surface area contributed by atoms with Gasteiger partial charge in [0.25, 0.3) is 0 Å². The number of nitriles is 1. The fourth-order valence-electron chi connectivity index (χ4n) is 2.30. The second-order valence-corrected chi connectivity index (χ2v) is 5.41. The maximum atomic E-state index is 11.7. The highest BCUT2D eigenvalue weighted by atomic mass is 16.5. The molecule has 1 aliphatic heterocycles. The molecule has 1 unspecified atom stereocenters. The van der Waals surface area contributed by atoms with Crippen LogP contribution in [-0.2, 0) is 4.79 Å². The van der Waals surface area contributed by atoms with Gasteiger partial charge in [-0.25, -0.2) is 0 Å². The predicted molar refractivity (Wildman–Crippen MR) is 73.0 cm³/mol. The first-order valence-electron chi connectivity index (χ1n) is 6.59. The summed E-state index contributed by atoms with van der Waals surface area (Å²) >= 11 is 0. The highest BCUT2D eigenvalue weighted by Crippen LogP contribution is 2.40. The number of nitrogens with zero attached hydrogens (tertiary/aromatic N) is 1. The van der Waals surface area contributed by atoms with E-state index in [0.29, 0.717) is 23.3 Å². The number of rotatable bonds is 2.